The summed E-state index contributed by atoms with van der Waals surface area (Å²) in [4.78, 5) is 10.5. The summed E-state index contributed by atoms with van der Waals surface area (Å²) >= 11 is 0. The second-order valence-corrected chi connectivity index (χ2v) is 3.03. The number of morpholine rings is 1. The summed E-state index contributed by atoms with van der Waals surface area (Å²) in [7, 11) is 0. The van der Waals surface area contributed by atoms with Gasteiger partial charge in [-0.25, -0.2) is 0 Å². The topological polar surface area (TPSA) is 47.6 Å². The van der Waals surface area contributed by atoms with Crippen molar-refractivity contribution in [2.45, 2.75) is 26.1 Å². The van der Waals surface area contributed by atoms with Crippen LogP contribution in [0.25, 0.3) is 0 Å². The largest absolute Gasteiger partial charge is 0.463 e. The molecule has 0 bridgehead atoms. The maximum atomic E-state index is 10.5. The summed E-state index contributed by atoms with van der Waals surface area (Å²) < 4.78 is 10.3. The standard InChI is InChI=1S/C8H15NO3/c1-6-3-9-4-8(12-6)5-11-7(2)10/h6,8-9H,3-5H2,1-2H3. The van der Waals surface area contributed by atoms with Crippen LogP contribution in [0.4, 0.5) is 0 Å². The maximum Gasteiger partial charge on any atom is 0.302 e. The highest BCUT2D eigenvalue weighted by Crippen LogP contribution is 2.03. The highest BCUT2D eigenvalue weighted by Gasteiger charge is 2.19. The average Bonchev–Trinajstić information content (AvgIpc) is 2.01. The lowest BCUT2D eigenvalue weighted by Gasteiger charge is -2.28. The average molecular weight is 173 g/mol. The van der Waals surface area contributed by atoms with Gasteiger partial charge in [-0.05, 0) is 6.92 Å². The molecule has 0 radical (unpaired) electrons. The second-order valence-electron chi connectivity index (χ2n) is 3.03. The molecule has 4 nitrogen and oxygen atoms in total. The van der Waals surface area contributed by atoms with Gasteiger partial charge in [0.1, 0.15) is 12.7 Å². The van der Waals surface area contributed by atoms with Crippen molar-refractivity contribution in [1.82, 2.24) is 5.32 Å². The molecule has 0 amide bonds. The van der Waals surface area contributed by atoms with E-state index in [1.165, 1.54) is 6.92 Å². The van der Waals surface area contributed by atoms with Crippen molar-refractivity contribution in [3.63, 3.8) is 0 Å². The minimum Gasteiger partial charge on any atom is -0.463 e. The summed E-state index contributed by atoms with van der Waals surface area (Å²) in [6.07, 6.45) is 0.219. The number of carbonyl (C=O) groups is 1. The van der Waals surface area contributed by atoms with Crippen molar-refractivity contribution in [2.24, 2.45) is 0 Å². The Morgan fingerprint density at radius 3 is 3.00 bits per heavy atom. The summed E-state index contributed by atoms with van der Waals surface area (Å²) in [5.74, 6) is -0.253. The lowest BCUT2D eigenvalue weighted by Crippen LogP contribution is -2.45. The predicted molar refractivity (Wildman–Crippen MR) is 43.8 cm³/mol. The molecular weight excluding hydrogens is 158 g/mol. The van der Waals surface area contributed by atoms with Gasteiger partial charge in [0, 0.05) is 20.0 Å². The Hall–Kier alpha value is -0.610. The number of hydrogen-bond acceptors (Lipinski definition) is 4. The van der Waals surface area contributed by atoms with E-state index in [-0.39, 0.29) is 18.2 Å². The Kier molecular flexibility index (Phi) is 3.49. The zero-order valence-corrected chi connectivity index (χ0v) is 7.50. The molecule has 1 aliphatic heterocycles. The third kappa shape index (κ3) is 3.19. The predicted octanol–water partition coefficient (Wildman–Crippen LogP) is -0.0736. The zero-order chi connectivity index (χ0) is 8.97. The summed E-state index contributed by atoms with van der Waals surface area (Å²) in [5, 5.41) is 3.19. The van der Waals surface area contributed by atoms with Crippen molar-refractivity contribution in [3.8, 4) is 0 Å². The third-order valence-electron chi connectivity index (χ3n) is 1.70. The van der Waals surface area contributed by atoms with Crippen LogP contribution in [0.3, 0.4) is 0 Å². The van der Waals surface area contributed by atoms with Gasteiger partial charge in [-0.1, -0.05) is 0 Å². The van der Waals surface area contributed by atoms with Crippen LogP contribution in [0, 0.1) is 0 Å². The molecule has 1 heterocycles. The monoisotopic (exact) mass is 173 g/mol. The Morgan fingerprint density at radius 2 is 2.42 bits per heavy atom. The molecule has 1 N–H and O–H groups in total. The van der Waals surface area contributed by atoms with Gasteiger partial charge in [0.05, 0.1) is 6.10 Å². The van der Waals surface area contributed by atoms with E-state index in [1.807, 2.05) is 6.92 Å². The molecule has 0 aliphatic carbocycles. The smallest absolute Gasteiger partial charge is 0.302 e. The van der Waals surface area contributed by atoms with Crippen LogP contribution in [0.2, 0.25) is 0 Å². The Morgan fingerprint density at radius 1 is 1.67 bits per heavy atom. The van der Waals surface area contributed by atoms with Gasteiger partial charge in [-0.3, -0.25) is 4.79 Å². The van der Waals surface area contributed by atoms with Crippen LogP contribution < -0.4 is 5.32 Å². The SMILES string of the molecule is CC(=O)OCC1CNCC(C)O1. The number of nitrogens with one attached hydrogen (secondary N) is 1. The van der Waals surface area contributed by atoms with E-state index >= 15 is 0 Å². The molecule has 2 atom stereocenters. The van der Waals surface area contributed by atoms with E-state index in [1.54, 1.807) is 0 Å². The summed E-state index contributed by atoms with van der Waals surface area (Å²) in [5.41, 5.74) is 0. The van der Waals surface area contributed by atoms with E-state index in [0.717, 1.165) is 13.1 Å². The van der Waals surface area contributed by atoms with Crippen molar-refractivity contribution in [1.29, 1.82) is 0 Å². The molecule has 0 aromatic rings. The molecule has 2 unspecified atom stereocenters. The highest BCUT2D eigenvalue weighted by molar-refractivity contribution is 5.65. The number of esters is 1. The zero-order valence-electron chi connectivity index (χ0n) is 7.50. The summed E-state index contributed by atoms with van der Waals surface area (Å²) in [6.45, 7) is 5.38. The fourth-order valence-corrected chi connectivity index (χ4v) is 1.18. The van der Waals surface area contributed by atoms with Crippen molar-refractivity contribution >= 4 is 5.97 Å². The molecule has 12 heavy (non-hydrogen) atoms. The van der Waals surface area contributed by atoms with Crippen LogP contribution in [-0.4, -0.2) is 37.9 Å². The Bertz CT molecular complexity index is 160. The molecule has 1 rings (SSSR count). The van der Waals surface area contributed by atoms with Crippen LogP contribution in [-0.2, 0) is 14.3 Å². The molecule has 4 heteroatoms. The van der Waals surface area contributed by atoms with E-state index in [2.05, 4.69) is 5.32 Å². The van der Waals surface area contributed by atoms with Gasteiger partial charge >= 0.3 is 5.97 Å². The van der Waals surface area contributed by atoms with E-state index < -0.39 is 0 Å². The van der Waals surface area contributed by atoms with Crippen LogP contribution >= 0.6 is 0 Å². The molecule has 0 saturated carbocycles. The molecule has 0 aromatic carbocycles. The van der Waals surface area contributed by atoms with Crippen molar-refractivity contribution in [2.75, 3.05) is 19.7 Å². The van der Waals surface area contributed by atoms with Gasteiger partial charge in [0.25, 0.3) is 0 Å². The first kappa shape index (κ1) is 9.48. The normalized spacial score (nSPS) is 29.8. The van der Waals surface area contributed by atoms with Crippen molar-refractivity contribution in [3.05, 3.63) is 0 Å². The van der Waals surface area contributed by atoms with Crippen LogP contribution in [0.1, 0.15) is 13.8 Å². The quantitative estimate of drug-likeness (QED) is 0.594. The fourth-order valence-electron chi connectivity index (χ4n) is 1.18. The highest BCUT2D eigenvalue weighted by atomic mass is 16.6. The minimum atomic E-state index is -0.253. The second kappa shape index (κ2) is 4.42. The molecule has 1 saturated heterocycles. The first-order valence-electron chi connectivity index (χ1n) is 4.18. The summed E-state index contributed by atoms with van der Waals surface area (Å²) in [6, 6.07) is 0. The van der Waals surface area contributed by atoms with Gasteiger partial charge in [-0.15, -0.1) is 0 Å². The van der Waals surface area contributed by atoms with Crippen molar-refractivity contribution < 1.29 is 14.3 Å². The molecule has 0 spiro atoms. The molecule has 0 aromatic heterocycles. The first-order chi connectivity index (χ1) is 5.68. The Balaban J connectivity index is 2.18. The third-order valence-corrected chi connectivity index (χ3v) is 1.70. The maximum absolute atomic E-state index is 10.5. The molecule has 70 valence electrons. The lowest BCUT2D eigenvalue weighted by atomic mass is 10.2. The fraction of sp³-hybridized carbons (Fsp3) is 0.875. The number of rotatable bonds is 2. The molecule has 1 aliphatic rings. The number of carbonyl (C=O) groups excluding carboxylic acids is 1. The Labute approximate surface area is 72.2 Å². The van der Waals surface area contributed by atoms with Gasteiger partial charge in [0.15, 0.2) is 0 Å². The van der Waals surface area contributed by atoms with Gasteiger partial charge < -0.3 is 14.8 Å². The molecular formula is C8H15NO3. The first-order valence-corrected chi connectivity index (χ1v) is 4.18. The minimum absolute atomic E-state index is 0.0117. The van der Waals surface area contributed by atoms with E-state index in [4.69, 9.17) is 9.47 Å². The van der Waals surface area contributed by atoms with E-state index in [9.17, 15) is 4.79 Å². The number of hydrogen-bond donors (Lipinski definition) is 1. The van der Waals surface area contributed by atoms with Crippen LogP contribution in [0.15, 0.2) is 0 Å². The van der Waals surface area contributed by atoms with Gasteiger partial charge in [0.2, 0.25) is 0 Å². The lowest BCUT2D eigenvalue weighted by molar-refractivity contribution is -0.147. The number of ether oxygens (including phenoxy) is 2. The van der Waals surface area contributed by atoms with E-state index in [0.29, 0.717) is 6.61 Å². The van der Waals surface area contributed by atoms with Crippen LogP contribution in [0.5, 0.6) is 0 Å². The molecule has 1 fully saturated rings. The van der Waals surface area contributed by atoms with Gasteiger partial charge in [-0.2, -0.15) is 0 Å².